The quantitative estimate of drug-likeness (QED) is 0.774. The first-order valence-electron chi connectivity index (χ1n) is 7.32. The Bertz CT molecular complexity index is 554. The molecule has 1 fully saturated rings. The van der Waals surface area contributed by atoms with Gasteiger partial charge in [0.1, 0.15) is 6.10 Å². The largest absolute Gasteiger partial charge is 0.445 e. The van der Waals surface area contributed by atoms with Gasteiger partial charge >= 0.3 is 6.09 Å². The fourth-order valence-electron chi connectivity index (χ4n) is 2.22. The van der Waals surface area contributed by atoms with Gasteiger partial charge in [-0.3, -0.25) is 0 Å². The predicted octanol–water partition coefficient (Wildman–Crippen LogP) is 3.61. The van der Waals surface area contributed by atoms with Crippen molar-refractivity contribution < 1.29 is 9.53 Å². The van der Waals surface area contributed by atoms with Gasteiger partial charge in [0.2, 0.25) is 0 Å². The highest BCUT2D eigenvalue weighted by Gasteiger charge is 2.20. The summed E-state index contributed by atoms with van der Waals surface area (Å²) in [7, 11) is -0.273. The number of amides is 1. The minimum Gasteiger partial charge on any atom is -0.445 e. The molecule has 1 aromatic carbocycles. The van der Waals surface area contributed by atoms with Crippen molar-refractivity contribution in [2.45, 2.75) is 31.1 Å². The van der Waals surface area contributed by atoms with Gasteiger partial charge in [0.25, 0.3) is 0 Å². The van der Waals surface area contributed by atoms with E-state index in [2.05, 4.69) is 4.99 Å². The summed E-state index contributed by atoms with van der Waals surface area (Å²) in [6.45, 7) is 2.02. The predicted molar refractivity (Wildman–Crippen MR) is 99.9 cm³/mol. The van der Waals surface area contributed by atoms with Crippen LogP contribution in [0.2, 0.25) is 0 Å². The monoisotopic (exact) mass is 355 g/mol. The van der Waals surface area contributed by atoms with Gasteiger partial charge in [0.05, 0.1) is 5.71 Å². The summed E-state index contributed by atoms with van der Waals surface area (Å²) in [5.41, 5.74) is 1.67. The number of rotatable bonds is 4. The number of hydrogen-bond donors (Lipinski definition) is 0. The van der Waals surface area contributed by atoms with Gasteiger partial charge in [-0.1, -0.05) is 41.5 Å². The maximum atomic E-state index is 12.2. The van der Waals surface area contributed by atoms with E-state index in [0.717, 1.165) is 35.6 Å². The third-order valence-corrected chi connectivity index (χ3v) is 6.73. The SMILES string of the molecule is CC(C(=NC(=O)OC1CCSCC1)c1ccccc1)S(C)=S. The van der Waals surface area contributed by atoms with Crippen LogP contribution >= 0.6 is 11.8 Å². The molecule has 3 nitrogen and oxygen atoms in total. The van der Waals surface area contributed by atoms with E-state index in [9.17, 15) is 4.79 Å². The van der Waals surface area contributed by atoms with Gasteiger partial charge in [-0.15, -0.1) is 9.45 Å². The molecule has 120 valence electrons. The summed E-state index contributed by atoms with van der Waals surface area (Å²) >= 11 is 7.29. The van der Waals surface area contributed by atoms with Gasteiger partial charge in [-0.25, -0.2) is 4.79 Å². The lowest BCUT2D eigenvalue weighted by atomic mass is 10.1. The van der Waals surface area contributed by atoms with Crippen molar-refractivity contribution >= 4 is 44.2 Å². The number of carbonyl (C=O) groups is 1. The fraction of sp³-hybridized carbons (Fsp3) is 0.500. The van der Waals surface area contributed by atoms with Gasteiger partial charge in [-0.2, -0.15) is 16.8 Å². The van der Waals surface area contributed by atoms with Crippen LogP contribution in [0, 0.1) is 0 Å². The highest BCUT2D eigenvalue weighted by atomic mass is 32.8. The topological polar surface area (TPSA) is 38.7 Å². The number of hydrogen-bond acceptors (Lipinski definition) is 4. The second-order valence-electron chi connectivity index (χ2n) is 5.20. The van der Waals surface area contributed by atoms with Crippen LogP contribution in [0.25, 0.3) is 0 Å². The molecule has 1 amide bonds. The molecule has 2 unspecified atom stereocenters. The molecule has 0 spiro atoms. The fourth-order valence-corrected chi connectivity index (χ4v) is 4.06. The molecule has 0 bridgehead atoms. The van der Waals surface area contributed by atoms with E-state index in [-0.39, 0.29) is 20.8 Å². The summed E-state index contributed by atoms with van der Waals surface area (Å²) in [4.78, 5) is 16.4. The molecule has 1 aliphatic heterocycles. The molecule has 1 saturated heterocycles. The normalized spacial score (nSPS) is 19.5. The molecule has 6 heteroatoms. The first kappa shape index (κ1) is 17.6. The maximum absolute atomic E-state index is 12.2. The average molecular weight is 356 g/mol. The Hall–Kier alpha value is -0.720. The number of benzene rings is 1. The van der Waals surface area contributed by atoms with Gasteiger partial charge in [-0.05, 0) is 43.1 Å². The Morgan fingerprint density at radius 1 is 1.36 bits per heavy atom. The van der Waals surface area contributed by atoms with Crippen LogP contribution in [-0.4, -0.2) is 40.9 Å². The molecule has 2 atom stereocenters. The second kappa shape index (κ2) is 8.79. The zero-order valence-corrected chi connectivity index (χ0v) is 15.3. The summed E-state index contributed by atoms with van der Waals surface area (Å²) in [5, 5.41) is 0.0480. The number of nitrogens with zero attached hydrogens (tertiary/aromatic N) is 1. The molecule has 1 aliphatic rings. The van der Waals surface area contributed by atoms with Gasteiger partial charge in [0, 0.05) is 5.25 Å². The molecular weight excluding hydrogens is 334 g/mol. The number of carbonyl (C=O) groups excluding carboxylic acids is 1. The lowest BCUT2D eigenvalue weighted by Gasteiger charge is -2.21. The van der Waals surface area contributed by atoms with Crippen molar-refractivity contribution in [1.82, 2.24) is 0 Å². The highest BCUT2D eigenvalue weighted by molar-refractivity contribution is 8.29. The Morgan fingerprint density at radius 2 is 2.00 bits per heavy atom. The van der Waals surface area contributed by atoms with Crippen LogP contribution in [0.3, 0.4) is 0 Å². The molecule has 0 saturated carbocycles. The van der Waals surface area contributed by atoms with E-state index >= 15 is 0 Å². The lowest BCUT2D eigenvalue weighted by molar-refractivity contribution is 0.102. The summed E-state index contributed by atoms with van der Waals surface area (Å²) < 4.78 is 5.50. The van der Waals surface area contributed by atoms with Crippen molar-refractivity contribution in [2.75, 3.05) is 17.8 Å². The molecule has 1 heterocycles. The Labute approximate surface area is 143 Å². The first-order chi connectivity index (χ1) is 10.6. The van der Waals surface area contributed by atoms with E-state index < -0.39 is 6.09 Å². The average Bonchev–Trinajstić information content (AvgIpc) is 2.53. The van der Waals surface area contributed by atoms with Crippen LogP contribution < -0.4 is 0 Å². The second-order valence-corrected chi connectivity index (χ2v) is 9.71. The minimum absolute atomic E-state index is 0.00760. The summed E-state index contributed by atoms with van der Waals surface area (Å²) in [5.74, 6) is 2.10. The Kier molecular flexibility index (Phi) is 7.05. The van der Waals surface area contributed by atoms with Crippen LogP contribution in [-0.2, 0) is 25.4 Å². The summed E-state index contributed by atoms with van der Waals surface area (Å²) in [6.07, 6.45) is 3.35. The number of ether oxygens (including phenoxy) is 1. The third-order valence-electron chi connectivity index (χ3n) is 3.60. The highest BCUT2D eigenvalue weighted by Crippen LogP contribution is 2.20. The van der Waals surface area contributed by atoms with Crippen LogP contribution in [0.5, 0.6) is 0 Å². The molecule has 1 aromatic rings. The molecule has 2 rings (SSSR count). The smallest absolute Gasteiger partial charge is 0.434 e. The van der Waals surface area contributed by atoms with Crippen LogP contribution in [0.1, 0.15) is 25.3 Å². The van der Waals surface area contributed by atoms with Crippen molar-refractivity contribution in [1.29, 1.82) is 0 Å². The van der Waals surface area contributed by atoms with Gasteiger partial charge in [0.15, 0.2) is 0 Å². The van der Waals surface area contributed by atoms with Crippen LogP contribution in [0.4, 0.5) is 4.79 Å². The molecular formula is C16H21NO2S3. The van der Waals surface area contributed by atoms with Crippen molar-refractivity contribution in [2.24, 2.45) is 4.99 Å². The number of aliphatic imine (C=N–C) groups is 1. The standard InChI is InChI=1S/C16H21NO2S3/c1-12(22(2)20)15(13-6-4-3-5-7-13)17-16(18)19-14-8-10-21-11-9-14/h3-7,12,14H,8-11H2,1-2H3. The molecule has 0 N–H and O–H groups in total. The lowest BCUT2D eigenvalue weighted by Crippen LogP contribution is -2.26. The molecule has 0 radical (unpaired) electrons. The van der Waals surface area contributed by atoms with E-state index in [1.54, 1.807) is 0 Å². The molecule has 0 aromatic heterocycles. The van der Waals surface area contributed by atoms with Crippen molar-refractivity contribution in [3.05, 3.63) is 35.9 Å². The molecule has 0 aliphatic carbocycles. The van der Waals surface area contributed by atoms with Gasteiger partial charge < -0.3 is 4.74 Å². The van der Waals surface area contributed by atoms with E-state index in [0.29, 0.717) is 0 Å². The van der Waals surface area contributed by atoms with Crippen molar-refractivity contribution in [3.63, 3.8) is 0 Å². The Morgan fingerprint density at radius 3 is 2.59 bits per heavy atom. The van der Waals surface area contributed by atoms with Crippen LogP contribution in [0.15, 0.2) is 35.3 Å². The molecule has 22 heavy (non-hydrogen) atoms. The van der Waals surface area contributed by atoms with E-state index in [1.165, 1.54) is 0 Å². The third kappa shape index (κ3) is 5.18. The first-order valence-corrected chi connectivity index (χ1v) is 11.1. The van der Waals surface area contributed by atoms with Crippen molar-refractivity contribution in [3.8, 4) is 0 Å². The number of thioether (sulfide) groups is 1. The Balaban J connectivity index is 2.16. The maximum Gasteiger partial charge on any atom is 0.434 e. The minimum atomic E-state index is -0.483. The zero-order chi connectivity index (χ0) is 15.9. The van der Waals surface area contributed by atoms with E-state index in [1.807, 2.05) is 55.3 Å². The summed E-state index contributed by atoms with van der Waals surface area (Å²) in [6, 6.07) is 9.75. The zero-order valence-electron chi connectivity index (χ0n) is 12.9. The van der Waals surface area contributed by atoms with E-state index in [4.69, 9.17) is 15.9 Å².